The molecule has 0 aliphatic rings. The van der Waals surface area contributed by atoms with Crippen molar-refractivity contribution in [3.8, 4) is 0 Å². The highest BCUT2D eigenvalue weighted by molar-refractivity contribution is 5.92. The van der Waals surface area contributed by atoms with E-state index in [1.165, 1.54) is 10.9 Å². The zero-order chi connectivity index (χ0) is 12.8. The minimum atomic E-state index is -0.552. The number of nitrogens with one attached hydrogen (secondary N) is 1. The van der Waals surface area contributed by atoms with Crippen LogP contribution in [0.2, 0.25) is 0 Å². The predicted octanol–water partition coefficient (Wildman–Crippen LogP) is -0.222. The summed E-state index contributed by atoms with van der Waals surface area (Å²) in [6, 6.07) is 0. The highest BCUT2D eigenvalue weighted by Gasteiger charge is 2.15. The summed E-state index contributed by atoms with van der Waals surface area (Å²) in [5.74, 6) is -0.652. The predicted molar refractivity (Wildman–Crippen MR) is 61.3 cm³/mol. The van der Waals surface area contributed by atoms with E-state index in [0.29, 0.717) is 6.54 Å². The van der Waals surface area contributed by atoms with Crippen molar-refractivity contribution in [1.29, 1.82) is 0 Å². The number of nitrogen functional groups attached to an aromatic ring is 1. The Morgan fingerprint density at radius 1 is 1.59 bits per heavy atom. The molecule has 0 aliphatic carbocycles. The van der Waals surface area contributed by atoms with Gasteiger partial charge in [-0.05, 0) is 6.92 Å². The Morgan fingerprint density at radius 3 is 2.88 bits per heavy atom. The van der Waals surface area contributed by atoms with Gasteiger partial charge in [0.1, 0.15) is 0 Å². The fraction of sp³-hybridized carbons (Fsp3) is 0.500. The maximum absolute atomic E-state index is 11.4. The number of carbonyl (C=O) groups excluding carboxylic acids is 2. The molecule has 1 amide bonds. The summed E-state index contributed by atoms with van der Waals surface area (Å²) in [5.41, 5.74) is 5.96. The number of anilines is 1. The summed E-state index contributed by atoms with van der Waals surface area (Å²) in [6.07, 6.45) is 1.79. The fourth-order valence-electron chi connectivity index (χ4n) is 1.25. The van der Waals surface area contributed by atoms with Gasteiger partial charge in [0.05, 0.1) is 12.3 Å². The molecule has 1 heterocycles. The first kappa shape index (κ1) is 13.0. The van der Waals surface area contributed by atoms with E-state index < -0.39 is 5.97 Å². The van der Waals surface area contributed by atoms with Crippen LogP contribution in [0.5, 0.6) is 0 Å². The van der Waals surface area contributed by atoms with Gasteiger partial charge in [-0.3, -0.25) is 9.48 Å². The van der Waals surface area contributed by atoms with Crippen LogP contribution in [0, 0.1) is 0 Å². The number of amides is 1. The van der Waals surface area contributed by atoms with Gasteiger partial charge in [0.15, 0.2) is 5.69 Å². The van der Waals surface area contributed by atoms with Crippen LogP contribution < -0.4 is 11.1 Å². The van der Waals surface area contributed by atoms with E-state index in [4.69, 9.17) is 10.5 Å². The van der Waals surface area contributed by atoms with Gasteiger partial charge in [0.25, 0.3) is 0 Å². The van der Waals surface area contributed by atoms with Crippen molar-refractivity contribution in [2.75, 3.05) is 19.4 Å². The highest BCUT2D eigenvalue weighted by atomic mass is 16.5. The summed E-state index contributed by atoms with van der Waals surface area (Å²) >= 11 is 0. The van der Waals surface area contributed by atoms with Gasteiger partial charge in [-0.15, -0.1) is 0 Å². The Morgan fingerprint density at radius 2 is 2.29 bits per heavy atom. The largest absolute Gasteiger partial charge is 0.461 e. The van der Waals surface area contributed by atoms with Crippen LogP contribution in [0.4, 0.5) is 5.69 Å². The molecule has 0 aliphatic heterocycles. The number of nitrogens with two attached hydrogens (primary N) is 1. The Balaban J connectivity index is 2.68. The monoisotopic (exact) mass is 240 g/mol. The smallest absolute Gasteiger partial charge is 0.361 e. The minimum Gasteiger partial charge on any atom is -0.461 e. The minimum absolute atomic E-state index is 0.0868. The highest BCUT2D eigenvalue weighted by Crippen LogP contribution is 2.10. The molecular weight excluding hydrogens is 224 g/mol. The number of ether oxygens (including phenoxy) is 1. The maximum atomic E-state index is 11.4. The van der Waals surface area contributed by atoms with E-state index >= 15 is 0 Å². The molecule has 17 heavy (non-hydrogen) atoms. The van der Waals surface area contributed by atoms with Gasteiger partial charge >= 0.3 is 5.97 Å². The van der Waals surface area contributed by atoms with Gasteiger partial charge < -0.3 is 15.8 Å². The third-order valence-corrected chi connectivity index (χ3v) is 2.11. The van der Waals surface area contributed by atoms with Crippen LogP contribution in [-0.2, 0) is 16.1 Å². The lowest BCUT2D eigenvalue weighted by molar-refractivity contribution is -0.120. The lowest BCUT2D eigenvalue weighted by Gasteiger charge is -2.00. The van der Waals surface area contributed by atoms with Crippen molar-refractivity contribution in [3.05, 3.63) is 11.9 Å². The number of hydrogen-bond donors (Lipinski definition) is 2. The van der Waals surface area contributed by atoms with Crippen molar-refractivity contribution in [1.82, 2.24) is 15.1 Å². The van der Waals surface area contributed by atoms with Crippen LogP contribution in [0.1, 0.15) is 23.8 Å². The summed E-state index contributed by atoms with van der Waals surface area (Å²) in [6.45, 7) is 2.34. The number of nitrogens with zero attached hydrogens (tertiary/aromatic N) is 2. The average Bonchev–Trinajstić information content (AvgIpc) is 2.68. The van der Waals surface area contributed by atoms with Crippen molar-refractivity contribution in [2.24, 2.45) is 0 Å². The average molecular weight is 240 g/mol. The van der Waals surface area contributed by atoms with Crippen molar-refractivity contribution in [3.63, 3.8) is 0 Å². The molecule has 94 valence electrons. The van der Waals surface area contributed by atoms with E-state index in [2.05, 4.69) is 10.4 Å². The number of carbonyl (C=O) groups is 2. The van der Waals surface area contributed by atoms with Gasteiger partial charge in [-0.2, -0.15) is 5.10 Å². The molecule has 0 fully saturated rings. The summed E-state index contributed by atoms with van der Waals surface area (Å²) in [4.78, 5) is 22.5. The first-order valence-electron chi connectivity index (χ1n) is 5.29. The molecule has 0 spiro atoms. The van der Waals surface area contributed by atoms with Crippen molar-refractivity contribution >= 4 is 17.6 Å². The molecule has 0 atom stereocenters. The maximum Gasteiger partial charge on any atom is 0.361 e. The quantitative estimate of drug-likeness (QED) is 0.693. The number of rotatable bonds is 5. The Kier molecular flexibility index (Phi) is 4.50. The second-order valence-electron chi connectivity index (χ2n) is 3.34. The second kappa shape index (κ2) is 5.88. The molecule has 1 rings (SSSR count). The molecule has 0 radical (unpaired) electrons. The van der Waals surface area contributed by atoms with Crippen LogP contribution in [0.25, 0.3) is 0 Å². The third-order valence-electron chi connectivity index (χ3n) is 2.11. The molecule has 1 aromatic heterocycles. The number of aryl methyl sites for hydroxylation is 1. The Hall–Kier alpha value is -2.05. The van der Waals surface area contributed by atoms with Crippen LogP contribution in [-0.4, -0.2) is 35.3 Å². The van der Waals surface area contributed by atoms with Crippen molar-refractivity contribution in [2.45, 2.75) is 19.9 Å². The second-order valence-corrected chi connectivity index (χ2v) is 3.34. The van der Waals surface area contributed by atoms with Gasteiger partial charge in [0, 0.05) is 26.2 Å². The zero-order valence-electron chi connectivity index (χ0n) is 9.90. The Labute approximate surface area is 98.9 Å². The zero-order valence-corrected chi connectivity index (χ0v) is 9.90. The normalized spacial score (nSPS) is 10.0. The van der Waals surface area contributed by atoms with Gasteiger partial charge in [0.2, 0.25) is 5.91 Å². The topological polar surface area (TPSA) is 99.2 Å². The molecule has 1 aromatic rings. The molecule has 0 saturated carbocycles. The molecule has 0 unspecified atom stereocenters. The first-order valence-corrected chi connectivity index (χ1v) is 5.29. The molecular formula is C10H16N4O3. The van der Waals surface area contributed by atoms with Gasteiger partial charge in [-0.25, -0.2) is 4.79 Å². The van der Waals surface area contributed by atoms with E-state index in [1.54, 1.807) is 14.0 Å². The van der Waals surface area contributed by atoms with Crippen LogP contribution in [0.15, 0.2) is 6.20 Å². The first-order chi connectivity index (χ1) is 8.08. The van der Waals surface area contributed by atoms with E-state index in [-0.39, 0.29) is 30.3 Å². The number of aromatic nitrogens is 2. The summed E-state index contributed by atoms with van der Waals surface area (Å²) in [7, 11) is 1.56. The molecule has 0 saturated heterocycles. The summed E-state index contributed by atoms with van der Waals surface area (Å²) < 4.78 is 6.25. The van der Waals surface area contributed by atoms with E-state index in [9.17, 15) is 9.59 Å². The van der Waals surface area contributed by atoms with E-state index in [1.807, 2.05) is 0 Å². The third kappa shape index (κ3) is 3.47. The lowest BCUT2D eigenvalue weighted by atomic mass is 10.4. The standard InChI is InChI=1S/C10H16N4O3/c1-3-17-10(16)9-7(11)6-14(13-9)5-4-8(15)12-2/h6H,3-5,11H2,1-2H3,(H,12,15). The molecule has 7 nitrogen and oxygen atoms in total. The SMILES string of the molecule is CCOC(=O)c1nn(CCC(=O)NC)cc1N. The summed E-state index contributed by atoms with van der Waals surface area (Å²) in [5, 5.41) is 6.47. The van der Waals surface area contributed by atoms with Crippen molar-refractivity contribution < 1.29 is 14.3 Å². The van der Waals surface area contributed by atoms with Crippen LogP contribution >= 0.6 is 0 Å². The molecule has 0 aromatic carbocycles. The molecule has 0 bridgehead atoms. The lowest BCUT2D eigenvalue weighted by Crippen LogP contribution is -2.19. The number of esters is 1. The number of hydrogen-bond acceptors (Lipinski definition) is 5. The molecule has 7 heteroatoms. The van der Waals surface area contributed by atoms with E-state index in [0.717, 1.165) is 0 Å². The van der Waals surface area contributed by atoms with Gasteiger partial charge in [-0.1, -0.05) is 0 Å². The molecule has 3 N–H and O–H groups in total. The fourth-order valence-corrected chi connectivity index (χ4v) is 1.25. The van der Waals surface area contributed by atoms with Crippen LogP contribution in [0.3, 0.4) is 0 Å². The Bertz CT molecular complexity index is 414.